The molecular weight excluding hydrogens is 491 g/mol. The third-order valence-corrected chi connectivity index (χ3v) is 6.48. The van der Waals surface area contributed by atoms with Gasteiger partial charge < -0.3 is 5.32 Å². The summed E-state index contributed by atoms with van der Waals surface area (Å²) in [5, 5.41) is 17.6. The summed E-state index contributed by atoms with van der Waals surface area (Å²) < 4.78 is 57.0. The van der Waals surface area contributed by atoms with Crippen molar-refractivity contribution >= 4 is 27.0 Å². The number of hydrogen-bond donors (Lipinski definition) is 1. The van der Waals surface area contributed by atoms with Gasteiger partial charge in [0.25, 0.3) is 11.6 Å². The number of benzene rings is 1. The number of nitro groups is 1. The monoisotopic (exact) mass is 511 g/mol. The zero-order chi connectivity index (χ0) is 26.0. The molecule has 0 spiro atoms. The topological polar surface area (TPSA) is 145 Å². The molecule has 0 aliphatic rings. The maximum Gasteiger partial charge on any atom is 0.416 e. The number of pyridine rings is 1. The second-order valence-electron chi connectivity index (χ2n) is 7.46. The lowest BCUT2D eigenvalue weighted by Gasteiger charge is -2.15. The lowest BCUT2D eigenvalue weighted by atomic mass is 10.1. The minimum Gasteiger partial charge on any atom is -0.342 e. The summed E-state index contributed by atoms with van der Waals surface area (Å²) in [6.45, 7) is 3.26. The van der Waals surface area contributed by atoms with E-state index in [1.54, 1.807) is 19.1 Å². The Labute approximate surface area is 197 Å². The van der Waals surface area contributed by atoms with Crippen molar-refractivity contribution in [3.05, 3.63) is 69.9 Å². The molecule has 1 amide bonds. The van der Waals surface area contributed by atoms with E-state index < -0.39 is 49.6 Å². The van der Waals surface area contributed by atoms with Crippen molar-refractivity contribution in [1.82, 2.24) is 25.1 Å². The number of halogens is 3. The van der Waals surface area contributed by atoms with E-state index in [0.717, 1.165) is 6.07 Å². The zero-order valence-corrected chi connectivity index (χ0v) is 19.5. The largest absolute Gasteiger partial charge is 0.416 e. The molecule has 0 aliphatic heterocycles. The molecule has 2 atom stereocenters. The summed E-state index contributed by atoms with van der Waals surface area (Å²) >= 11 is 0. The highest BCUT2D eigenvalue weighted by Gasteiger charge is 2.33. The number of carbonyl (C=O) groups is 1. The fraction of sp³-hybridized carbons (Fsp3) is 0.300. The van der Waals surface area contributed by atoms with Crippen molar-refractivity contribution in [2.45, 2.75) is 26.1 Å². The van der Waals surface area contributed by atoms with Gasteiger partial charge in [-0.2, -0.15) is 27.3 Å². The van der Waals surface area contributed by atoms with Crippen LogP contribution in [0.3, 0.4) is 0 Å². The van der Waals surface area contributed by atoms with Crippen molar-refractivity contribution in [2.75, 3.05) is 12.0 Å². The predicted octanol–water partition coefficient (Wildman–Crippen LogP) is 3.83. The summed E-state index contributed by atoms with van der Waals surface area (Å²) in [6.07, 6.45) is -0.757. The van der Waals surface area contributed by atoms with Gasteiger partial charge in [0, 0.05) is 39.4 Å². The highest BCUT2D eigenvalue weighted by atomic mass is 32.2. The summed E-state index contributed by atoms with van der Waals surface area (Å²) in [5.74, 6) is -0.106. The smallest absolute Gasteiger partial charge is 0.342 e. The first-order valence-electron chi connectivity index (χ1n) is 10.0. The minimum atomic E-state index is -4.88. The third-order valence-electron chi connectivity index (χ3n) is 4.81. The van der Waals surface area contributed by atoms with Gasteiger partial charge in [-0.3, -0.25) is 14.9 Å². The van der Waals surface area contributed by atoms with Crippen LogP contribution in [0.25, 0.3) is 5.82 Å². The quantitative estimate of drug-likeness (QED) is 0.375. The van der Waals surface area contributed by atoms with Crippen LogP contribution in [0.4, 0.5) is 24.5 Å². The van der Waals surface area contributed by atoms with E-state index in [1.165, 1.54) is 30.4 Å². The summed E-state index contributed by atoms with van der Waals surface area (Å²) in [6, 6.07) is 3.92. The van der Waals surface area contributed by atoms with E-state index in [0.29, 0.717) is 29.4 Å². The molecule has 2 heterocycles. The Bertz CT molecular complexity index is 1380. The van der Waals surface area contributed by atoms with Crippen LogP contribution < -0.4 is 5.32 Å². The van der Waals surface area contributed by atoms with E-state index in [1.807, 2.05) is 0 Å². The number of alkyl halides is 3. The number of carbonyl (C=O) groups excluding carboxylic acids is 1. The van der Waals surface area contributed by atoms with E-state index >= 15 is 0 Å². The Morgan fingerprint density at radius 3 is 2.57 bits per heavy atom. The van der Waals surface area contributed by atoms with Crippen LogP contribution in [0, 0.1) is 10.1 Å². The number of hydrogen-bond acceptors (Lipinski definition) is 8. The second-order valence-corrected chi connectivity index (χ2v) is 10.1. The number of rotatable bonds is 7. The first kappa shape index (κ1) is 25.7. The van der Waals surface area contributed by atoms with Gasteiger partial charge in [0.05, 0.1) is 28.4 Å². The molecule has 0 radical (unpaired) electrons. The first-order chi connectivity index (χ1) is 16.3. The van der Waals surface area contributed by atoms with Gasteiger partial charge in [-0.05, 0) is 25.1 Å². The number of nitrogens with one attached hydrogen (secondary N) is 1. The van der Waals surface area contributed by atoms with Gasteiger partial charge in [0.15, 0.2) is 11.6 Å². The molecule has 35 heavy (non-hydrogen) atoms. The fourth-order valence-corrected chi connectivity index (χ4v) is 3.61. The Morgan fingerprint density at radius 2 is 2.00 bits per heavy atom. The molecule has 0 saturated heterocycles. The molecule has 0 fully saturated rings. The lowest BCUT2D eigenvalue weighted by molar-refractivity contribution is -0.385. The van der Waals surface area contributed by atoms with E-state index in [4.69, 9.17) is 0 Å². The van der Waals surface area contributed by atoms with Gasteiger partial charge in [-0.1, -0.05) is 6.92 Å². The Hall–Kier alpha value is -3.88. The van der Waals surface area contributed by atoms with Crippen LogP contribution in [-0.2, 0) is 15.9 Å². The number of nitrogens with zero attached hydrogens (tertiary/aromatic N) is 6. The van der Waals surface area contributed by atoms with Gasteiger partial charge in [0.1, 0.15) is 6.33 Å². The van der Waals surface area contributed by atoms with Crippen molar-refractivity contribution in [3.63, 3.8) is 0 Å². The van der Waals surface area contributed by atoms with Crippen molar-refractivity contribution in [3.8, 4) is 5.82 Å². The molecule has 1 unspecified atom stereocenters. The highest BCUT2D eigenvalue weighted by Crippen LogP contribution is 2.32. The molecule has 186 valence electrons. The SMILES string of the molecule is CCS(C)(=O)=Nc1ccc(-n2ncnc2[C@H](C)NC(=O)c2cc([N+](=O)[O-])cc(C(F)(F)F)c2)nc1. The predicted molar refractivity (Wildman–Crippen MR) is 120 cm³/mol. The standard InChI is InChI=1S/C20H20F3N7O4S/c1-4-35(3,34)28-15-5-6-17(24-10-15)29-18(25-11-26-29)12(2)27-19(31)13-7-14(20(21,22)23)9-16(8-13)30(32)33/h5-12H,4H2,1-3H3,(H,27,31)/t12-,35?/m0/s1. The molecule has 2 aromatic heterocycles. The van der Waals surface area contributed by atoms with Gasteiger partial charge in [-0.25, -0.2) is 14.2 Å². The van der Waals surface area contributed by atoms with Crippen LogP contribution in [0.5, 0.6) is 0 Å². The second kappa shape index (κ2) is 9.77. The van der Waals surface area contributed by atoms with Crippen molar-refractivity contribution < 1.29 is 27.1 Å². The normalized spacial score (nSPS) is 14.1. The number of amides is 1. The lowest BCUT2D eigenvalue weighted by Crippen LogP contribution is -2.29. The molecule has 3 aromatic rings. The maximum atomic E-state index is 13.1. The highest BCUT2D eigenvalue weighted by molar-refractivity contribution is 7.93. The maximum absolute atomic E-state index is 13.1. The molecular formula is C20H20F3N7O4S. The average Bonchev–Trinajstić information content (AvgIpc) is 3.28. The Balaban J connectivity index is 1.86. The van der Waals surface area contributed by atoms with Crippen molar-refractivity contribution in [2.24, 2.45) is 4.36 Å². The number of nitro benzene ring substituents is 1. The van der Waals surface area contributed by atoms with Crippen LogP contribution in [0.1, 0.15) is 41.6 Å². The Morgan fingerprint density at radius 1 is 1.29 bits per heavy atom. The van der Waals surface area contributed by atoms with Gasteiger partial charge in [-0.15, -0.1) is 0 Å². The van der Waals surface area contributed by atoms with Crippen LogP contribution in [0.15, 0.2) is 47.2 Å². The first-order valence-corrected chi connectivity index (χ1v) is 12.1. The van der Waals surface area contributed by atoms with Crippen LogP contribution >= 0.6 is 0 Å². The molecule has 15 heteroatoms. The zero-order valence-electron chi connectivity index (χ0n) is 18.7. The van der Waals surface area contributed by atoms with Crippen molar-refractivity contribution in [1.29, 1.82) is 0 Å². The minimum absolute atomic E-state index is 0.199. The number of aromatic nitrogens is 4. The van der Waals surface area contributed by atoms with E-state index in [2.05, 4.69) is 24.7 Å². The molecule has 1 aromatic carbocycles. The van der Waals surface area contributed by atoms with Crippen LogP contribution in [0.2, 0.25) is 0 Å². The summed E-state index contributed by atoms with van der Waals surface area (Å²) in [5.41, 5.74) is -2.32. The summed E-state index contributed by atoms with van der Waals surface area (Å²) in [4.78, 5) is 31.0. The Kier molecular flexibility index (Phi) is 7.19. The van der Waals surface area contributed by atoms with Crippen LogP contribution in [-0.4, -0.2) is 46.8 Å². The summed E-state index contributed by atoms with van der Waals surface area (Å²) in [7, 11) is -2.38. The van der Waals surface area contributed by atoms with E-state index in [9.17, 15) is 32.3 Å². The third kappa shape index (κ3) is 6.17. The average molecular weight is 511 g/mol. The molecule has 1 N–H and O–H groups in total. The molecule has 0 saturated carbocycles. The molecule has 0 aliphatic carbocycles. The fourth-order valence-electron chi connectivity index (χ4n) is 2.92. The number of non-ortho nitro benzene ring substituents is 1. The van der Waals surface area contributed by atoms with E-state index in [-0.39, 0.29) is 5.82 Å². The van der Waals surface area contributed by atoms with Gasteiger partial charge >= 0.3 is 6.18 Å². The molecule has 3 rings (SSSR count). The molecule has 11 nitrogen and oxygen atoms in total. The molecule has 0 bridgehead atoms. The van der Waals surface area contributed by atoms with Gasteiger partial charge in [0.2, 0.25) is 0 Å².